The molecule has 1 aromatic heterocycles. The number of carbonyl (C=O) groups is 1. The van der Waals surface area contributed by atoms with E-state index in [1.165, 1.54) is 4.80 Å². The van der Waals surface area contributed by atoms with Gasteiger partial charge in [0.05, 0.1) is 24.2 Å². The quantitative estimate of drug-likeness (QED) is 0.907. The van der Waals surface area contributed by atoms with Crippen LogP contribution >= 0.6 is 0 Å². The zero-order valence-corrected chi connectivity index (χ0v) is 13.4. The zero-order valence-electron chi connectivity index (χ0n) is 13.4. The van der Waals surface area contributed by atoms with E-state index in [4.69, 9.17) is 4.74 Å². The van der Waals surface area contributed by atoms with Gasteiger partial charge in [0.15, 0.2) is 0 Å². The number of amides is 2. The highest BCUT2D eigenvalue weighted by atomic mass is 16.5. The first kappa shape index (κ1) is 15.1. The van der Waals surface area contributed by atoms with E-state index in [0.717, 1.165) is 43.7 Å². The van der Waals surface area contributed by atoms with Crippen molar-refractivity contribution >= 4 is 11.7 Å². The number of nitrogens with one attached hydrogen (secondary N) is 2. The molecule has 7 heteroatoms. The summed E-state index contributed by atoms with van der Waals surface area (Å²) < 4.78 is 5.75. The van der Waals surface area contributed by atoms with Gasteiger partial charge in [-0.1, -0.05) is 0 Å². The molecule has 4 rings (SSSR count). The van der Waals surface area contributed by atoms with Crippen LogP contribution in [0.5, 0.6) is 0 Å². The van der Waals surface area contributed by atoms with Crippen molar-refractivity contribution in [2.75, 3.05) is 11.9 Å². The third kappa shape index (κ3) is 3.12. The van der Waals surface area contributed by atoms with E-state index >= 15 is 0 Å². The van der Waals surface area contributed by atoms with E-state index in [0.29, 0.717) is 12.0 Å². The average Bonchev–Trinajstić information content (AvgIpc) is 3.27. The number of rotatable bonds is 3. The van der Waals surface area contributed by atoms with Crippen molar-refractivity contribution in [2.24, 2.45) is 5.92 Å². The molecule has 24 heavy (non-hydrogen) atoms. The first-order valence-electron chi connectivity index (χ1n) is 8.45. The smallest absolute Gasteiger partial charge is 0.319 e. The lowest BCUT2D eigenvalue weighted by Gasteiger charge is -2.33. The predicted molar refractivity (Wildman–Crippen MR) is 89.0 cm³/mol. The van der Waals surface area contributed by atoms with Crippen molar-refractivity contribution in [3.63, 3.8) is 0 Å². The van der Waals surface area contributed by atoms with Crippen molar-refractivity contribution in [3.05, 3.63) is 36.7 Å². The van der Waals surface area contributed by atoms with Gasteiger partial charge in [0.1, 0.15) is 0 Å². The maximum Gasteiger partial charge on any atom is 0.319 e. The molecule has 2 fully saturated rings. The second-order valence-corrected chi connectivity index (χ2v) is 6.36. The van der Waals surface area contributed by atoms with E-state index in [-0.39, 0.29) is 12.1 Å². The third-order valence-corrected chi connectivity index (χ3v) is 4.87. The van der Waals surface area contributed by atoms with Crippen LogP contribution in [-0.2, 0) is 4.74 Å². The monoisotopic (exact) mass is 327 g/mol. The molecule has 7 nitrogen and oxygen atoms in total. The lowest BCUT2D eigenvalue weighted by molar-refractivity contribution is 0.0553. The molecule has 1 aromatic carbocycles. The van der Waals surface area contributed by atoms with Gasteiger partial charge in [-0.15, -0.1) is 0 Å². The van der Waals surface area contributed by atoms with Crippen LogP contribution < -0.4 is 10.6 Å². The number of anilines is 1. The molecule has 0 radical (unpaired) electrons. The van der Waals surface area contributed by atoms with Crippen molar-refractivity contribution in [2.45, 2.75) is 37.8 Å². The summed E-state index contributed by atoms with van der Waals surface area (Å²) >= 11 is 0. The Labute approximate surface area is 140 Å². The molecular weight excluding hydrogens is 306 g/mol. The van der Waals surface area contributed by atoms with E-state index in [2.05, 4.69) is 20.8 Å². The summed E-state index contributed by atoms with van der Waals surface area (Å²) in [7, 11) is 0. The number of ether oxygens (including phenoxy) is 1. The Morgan fingerprint density at radius 1 is 1.12 bits per heavy atom. The maximum atomic E-state index is 12.3. The summed E-state index contributed by atoms with van der Waals surface area (Å²) in [5, 5.41) is 14.2. The lowest BCUT2D eigenvalue weighted by Crippen LogP contribution is -2.47. The third-order valence-electron chi connectivity index (χ3n) is 4.87. The average molecular weight is 327 g/mol. The van der Waals surface area contributed by atoms with Gasteiger partial charge < -0.3 is 15.4 Å². The van der Waals surface area contributed by atoms with Crippen molar-refractivity contribution in [3.8, 4) is 5.69 Å². The number of hydrogen-bond acceptors (Lipinski definition) is 4. The van der Waals surface area contributed by atoms with Gasteiger partial charge in [0, 0.05) is 24.3 Å². The number of carbonyl (C=O) groups excluding carboxylic acids is 1. The van der Waals surface area contributed by atoms with Gasteiger partial charge in [-0.3, -0.25) is 0 Å². The largest absolute Gasteiger partial charge is 0.378 e. The second kappa shape index (κ2) is 6.60. The summed E-state index contributed by atoms with van der Waals surface area (Å²) in [6, 6.07) is 7.49. The minimum atomic E-state index is -0.155. The molecule has 1 aliphatic carbocycles. The molecular formula is C17H21N5O2. The van der Waals surface area contributed by atoms with Gasteiger partial charge in [-0.05, 0) is 49.9 Å². The van der Waals surface area contributed by atoms with Gasteiger partial charge in [-0.25, -0.2) is 4.79 Å². The Kier molecular flexibility index (Phi) is 4.17. The standard InChI is InChI=1S/C17H21N5O2/c23-17(21-15-2-1-3-16-14(15)8-11-24-16)20-12-4-6-13(7-5-12)22-18-9-10-19-22/h4-7,9-10,14-16H,1-3,8,11H2,(H2,20,21,23)/t14-,15+,16-/m0/s1. The molecule has 2 aromatic rings. The van der Waals surface area contributed by atoms with E-state index < -0.39 is 0 Å². The van der Waals surface area contributed by atoms with Crippen LogP contribution in [0.3, 0.4) is 0 Å². The Morgan fingerprint density at radius 3 is 2.71 bits per heavy atom. The summed E-state index contributed by atoms with van der Waals surface area (Å²) in [5.74, 6) is 0.456. The Bertz CT molecular complexity index is 686. The molecule has 0 bridgehead atoms. The molecule has 0 unspecified atom stereocenters. The van der Waals surface area contributed by atoms with Crippen molar-refractivity contribution in [1.82, 2.24) is 20.3 Å². The van der Waals surface area contributed by atoms with Crippen LogP contribution in [0.15, 0.2) is 36.7 Å². The summed E-state index contributed by atoms with van der Waals surface area (Å²) in [5.41, 5.74) is 1.60. The normalized spacial score (nSPS) is 25.9. The maximum absolute atomic E-state index is 12.3. The summed E-state index contributed by atoms with van der Waals surface area (Å²) in [4.78, 5) is 13.8. The number of benzene rings is 1. The zero-order chi connectivity index (χ0) is 16.4. The fraction of sp³-hybridized carbons (Fsp3) is 0.471. The highest BCUT2D eigenvalue weighted by Crippen LogP contribution is 2.34. The predicted octanol–water partition coefficient (Wildman–Crippen LogP) is 2.35. The van der Waals surface area contributed by atoms with E-state index in [1.54, 1.807) is 12.4 Å². The van der Waals surface area contributed by atoms with Crippen molar-refractivity contribution in [1.29, 1.82) is 0 Å². The first-order valence-corrected chi connectivity index (χ1v) is 8.45. The highest BCUT2D eigenvalue weighted by Gasteiger charge is 2.38. The fourth-order valence-corrected chi connectivity index (χ4v) is 3.72. The first-order chi connectivity index (χ1) is 11.8. The van der Waals surface area contributed by atoms with Crippen LogP contribution in [0, 0.1) is 5.92 Å². The Balaban J connectivity index is 1.36. The Morgan fingerprint density at radius 2 is 1.92 bits per heavy atom. The molecule has 0 spiro atoms. The number of nitrogens with zero attached hydrogens (tertiary/aromatic N) is 3. The minimum absolute atomic E-state index is 0.155. The number of urea groups is 1. The van der Waals surface area contributed by atoms with Crippen LogP contribution in [0.4, 0.5) is 10.5 Å². The van der Waals surface area contributed by atoms with Gasteiger partial charge in [-0.2, -0.15) is 15.0 Å². The second-order valence-electron chi connectivity index (χ2n) is 6.36. The van der Waals surface area contributed by atoms with Crippen LogP contribution in [0.1, 0.15) is 25.7 Å². The molecule has 2 N–H and O–H groups in total. The van der Waals surface area contributed by atoms with E-state index in [1.807, 2.05) is 24.3 Å². The van der Waals surface area contributed by atoms with Crippen molar-refractivity contribution < 1.29 is 9.53 Å². The van der Waals surface area contributed by atoms with Crippen LogP contribution in [0.2, 0.25) is 0 Å². The molecule has 1 saturated heterocycles. The van der Waals surface area contributed by atoms with Gasteiger partial charge >= 0.3 is 6.03 Å². The molecule has 3 atom stereocenters. The van der Waals surface area contributed by atoms with Gasteiger partial charge in [0.2, 0.25) is 0 Å². The van der Waals surface area contributed by atoms with Crippen LogP contribution in [0.25, 0.3) is 5.69 Å². The summed E-state index contributed by atoms with van der Waals surface area (Å²) in [6.07, 6.45) is 7.88. The molecule has 2 aliphatic rings. The number of fused-ring (bicyclic) bond motifs is 1. The topological polar surface area (TPSA) is 81.1 Å². The molecule has 126 valence electrons. The number of hydrogen-bond donors (Lipinski definition) is 2. The SMILES string of the molecule is O=C(Nc1ccc(-n2nccn2)cc1)N[C@@H]1CCC[C@@H]2OCC[C@H]21. The van der Waals surface area contributed by atoms with Crippen LogP contribution in [-0.4, -0.2) is 39.8 Å². The molecule has 2 heterocycles. The van der Waals surface area contributed by atoms with Gasteiger partial charge in [0.25, 0.3) is 0 Å². The fourth-order valence-electron chi connectivity index (χ4n) is 3.72. The van der Waals surface area contributed by atoms with E-state index in [9.17, 15) is 4.79 Å². The summed E-state index contributed by atoms with van der Waals surface area (Å²) in [6.45, 7) is 0.818. The molecule has 2 amide bonds. The highest BCUT2D eigenvalue weighted by molar-refractivity contribution is 5.89. The lowest BCUT2D eigenvalue weighted by atomic mass is 9.82. The molecule has 1 saturated carbocycles. The number of aromatic nitrogens is 3. The Hall–Kier alpha value is -2.41. The molecule has 1 aliphatic heterocycles. The minimum Gasteiger partial charge on any atom is -0.378 e.